The maximum atomic E-state index is 12.8. The number of hydrogen-bond donors (Lipinski definition) is 0. The Hall–Kier alpha value is -1.06. The first-order valence-corrected chi connectivity index (χ1v) is 8.64. The summed E-state index contributed by atoms with van der Waals surface area (Å²) < 4.78 is 11.0. The Morgan fingerprint density at radius 2 is 1.50 bits per heavy atom. The minimum atomic E-state index is -1.06. The first-order valence-electron chi connectivity index (χ1n) is 8.64. The van der Waals surface area contributed by atoms with Gasteiger partial charge >= 0.3 is 11.9 Å². The van der Waals surface area contributed by atoms with Crippen LogP contribution in [-0.4, -0.2) is 25.2 Å². The third kappa shape index (κ3) is 2.89. The number of fused-ring (bicyclic) bond motifs is 2. The lowest BCUT2D eigenvalue weighted by Gasteiger charge is -2.38. The predicted octanol–water partition coefficient (Wildman–Crippen LogP) is 3.44. The molecule has 0 aliphatic heterocycles. The summed E-state index contributed by atoms with van der Waals surface area (Å²) in [4.78, 5) is 25.7. The molecule has 0 amide bonds. The van der Waals surface area contributed by atoms with Gasteiger partial charge in [-0.05, 0) is 48.9 Å². The number of rotatable bonds is 6. The summed E-state index contributed by atoms with van der Waals surface area (Å²) in [5, 5.41) is 0. The van der Waals surface area contributed by atoms with Crippen molar-refractivity contribution in [3.63, 3.8) is 0 Å². The van der Waals surface area contributed by atoms with Gasteiger partial charge in [-0.15, -0.1) is 0 Å². The summed E-state index contributed by atoms with van der Waals surface area (Å²) in [6, 6.07) is 0. The topological polar surface area (TPSA) is 52.6 Å². The summed E-state index contributed by atoms with van der Waals surface area (Å²) in [5.41, 5.74) is -1.06. The third-order valence-corrected chi connectivity index (χ3v) is 5.31. The van der Waals surface area contributed by atoms with Crippen LogP contribution in [0.4, 0.5) is 0 Å². The van der Waals surface area contributed by atoms with Crippen LogP contribution in [0.2, 0.25) is 0 Å². The molecule has 0 spiro atoms. The molecule has 0 N–H and O–H groups in total. The van der Waals surface area contributed by atoms with E-state index < -0.39 is 5.41 Å². The van der Waals surface area contributed by atoms with Crippen LogP contribution in [0.3, 0.4) is 0 Å². The Balaban J connectivity index is 2.21. The molecule has 0 radical (unpaired) electrons. The lowest BCUT2D eigenvalue weighted by atomic mass is 9.66. The lowest BCUT2D eigenvalue weighted by molar-refractivity contribution is -0.182. The number of hydrogen-bond acceptors (Lipinski definition) is 4. The highest BCUT2D eigenvalue weighted by Crippen LogP contribution is 2.60. The minimum Gasteiger partial charge on any atom is -0.465 e. The average Bonchev–Trinajstić information content (AvgIpc) is 3.02. The van der Waals surface area contributed by atoms with E-state index in [1.165, 1.54) is 0 Å². The van der Waals surface area contributed by atoms with Crippen LogP contribution in [0.15, 0.2) is 0 Å². The van der Waals surface area contributed by atoms with Crippen LogP contribution in [0.25, 0.3) is 0 Å². The average molecular weight is 310 g/mol. The first-order chi connectivity index (χ1) is 10.3. The van der Waals surface area contributed by atoms with Gasteiger partial charge in [-0.25, -0.2) is 0 Å². The van der Waals surface area contributed by atoms with Gasteiger partial charge in [0, 0.05) is 0 Å². The van der Waals surface area contributed by atoms with Crippen molar-refractivity contribution >= 4 is 11.9 Å². The van der Waals surface area contributed by atoms with Gasteiger partial charge in [-0.3, -0.25) is 9.59 Å². The summed E-state index contributed by atoms with van der Waals surface area (Å²) in [6.07, 6.45) is 3.00. The molecule has 2 aliphatic carbocycles. The molecule has 0 aromatic carbocycles. The van der Waals surface area contributed by atoms with Crippen molar-refractivity contribution in [1.29, 1.82) is 0 Å². The molecule has 0 aromatic heterocycles. The van der Waals surface area contributed by atoms with Gasteiger partial charge in [-0.2, -0.15) is 0 Å². The van der Waals surface area contributed by atoms with E-state index in [4.69, 9.17) is 9.47 Å². The van der Waals surface area contributed by atoms with Gasteiger partial charge in [0.1, 0.15) is 0 Å². The van der Waals surface area contributed by atoms with Crippen molar-refractivity contribution in [3.8, 4) is 0 Å². The second-order valence-electron chi connectivity index (χ2n) is 7.91. The predicted molar refractivity (Wildman–Crippen MR) is 84.0 cm³/mol. The van der Waals surface area contributed by atoms with E-state index in [0.29, 0.717) is 19.1 Å². The second kappa shape index (κ2) is 6.59. The summed E-state index contributed by atoms with van der Waals surface area (Å²) >= 11 is 0. The molecule has 2 saturated carbocycles. The quantitative estimate of drug-likeness (QED) is 0.557. The van der Waals surface area contributed by atoms with E-state index >= 15 is 0 Å². The molecule has 4 nitrogen and oxygen atoms in total. The summed E-state index contributed by atoms with van der Waals surface area (Å²) in [6.45, 7) is 10.8. The van der Waals surface area contributed by atoms with Crippen LogP contribution >= 0.6 is 0 Å². The van der Waals surface area contributed by atoms with Crippen molar-refractivity contribution in [1.82, 2.24) is 0 Å². The van der Waals surface area contributed by atoms with Gasteiger partial charge in [0.15, 0.2) is 5.41 Å². The Kier molecular flexibility index (Phi) is 5.18. The molecule has 2 aliphatic rings. The smallest absolute Gasteiger partial charge is 0.324 e. The largest absolute Gasteiger partial charge is 0.465 e. The van der Waals surface area contributed by atoms with E-state index in [1.54, 1.807) is 0 Å². The Bertz CT molecular complexity index is 399. The molecule has 3 unspecified atom stereocenters. The molecule has 0 aromatic rings. The number of carbonyl (C=O) groups is 2. The monoisotopic (exact) mass is 310 g/mol. The number of ether oxygens (including phenoxy) is 2. The van der Waals surface area contributed by atoms with Crippen molar-refractivity contribution in [2.75, 3.05) is 13.2 Å². The molecule has 2 fully saturated rings. The van der Waals surface area contributed by atoms with E-state index in [2.05, 4.69) is 0 Å². The van der Waals surface area contributed by atoms with Gasteiger partial charge in [0.25, 0.3) is 0 Å². The third-order valence-electron chi connectivity index (χ3n) is 5.31. The van der Waals surface area contributed by atoms with Crippen molar-refractivity contribution in [2.45, 2.75) is 53.9 Å². The zero-order valence-electron chi connectivity index (χ0n) is 14.6. The van der Waals surface area contributed by atoms with Crippen LogP contribution in [-0.2, 0) is 19.1 Å². The van der Waals surface area contributed by atoms with Gasteiger partial charge < -0.3 is 9.47 Å². The maximum absolute atomic E-state index is 12.8. The zero-order chi connectivity index (χ0) is 16.5. The van der Waals surface area contributed by atoms with Crippen LogP contribution in [0, 0.1) is 35.0 Å². The number of carbonyl (C=O) groups excluding carboxylic acids is 2. The molecular formula is C18H30O4. The molecule has 4 heteroatoms. The fourth-order valence-electron chi connectivity index (χ4n) is 4.14. The maximum Gasteiger partial charge on any atom is 0.324 e. The van der Waals surface area contributed by atoms with Gasteiger partial charge in [-0.1, -0.05) is 34.6 Å². The van der Waals surface area contributed by atoms with E-state index in [-0.39, 0.29) is 35.6 Å². The highest BCUT2D eigenvalue weighted by Gasteiger charge is 2.66. The molecule has 22 heavy (non-hydrogen) atoms. The van der Waals surface area contributed by atoms with Gasteiger partial charge in [0.05, 0.1) is 13.2 Å². The first kappa shape index (κ1) is 17.3. The minimum absolute atomic E-state index is 0.0191. The Labute approximate surface area is 133 Å². The SMILES string of the molecule is CC(C)COC(=O)C1(C(=O)OCC(C)C)C2CCC(C2)C1C. The molecule has 0 saturated heterocycles. The fraction of sp³-hybridized carbons (Fsp3) is 0.889. The molecule has 3 atom stereocenters. The van der Waals surface area contributed by atoms with Crippen molar-refractivity contribution < 1.29 is 19.1 Å². The fourth-order valence-corrected chi connectivity index (χ4v) is 4.14. The number of esters is 2. The van der Waals surface area contributed by atoms with Crippen LogP contribution in [0.5, 0.6) is 0 Å². The highest BCUT2D eigenvalue weighted by atomic mass is 16.6. The standard InChI is InChI=1S/C18H30O4/c1-11(2)9-21-16(19)18(17(20)22-10-12(3)4)13(5)14-6-7-15(18)8-14/h11-15H,6-10H2,1-5H3. The van der Waals surface area contributed by atoms with E-state index in [1.807, 2.05) is 34.6 Å². The Morgan fingerprint density at radius 3 is 1.86 bits per heavy atom. The summed E-state index contributed by atoms with van der Waals surface area (Å²) in [7, 11) is 0. The van der Waals surface area contributed by atoms with Crippen LogP contribution in [0.1, 0.15) is 53.9 Å². The van der Waals surface area contributed by atoms with E-state index in [9.17, 15) is 9.59 Å². The lowest BCUT2D eigenvalue weighted by Crippen LogP contribution is -2.51. The molecule has 126 valence electrons. The molecule has 2 bridgehead atoms. The normalized spacial score (nSPS) is 29.1. The highest BCUT2D eigenvalue weighted by molar-refractivity contribution is 6.01. The van der Waals surface area contributed by atoms with Gasteiger partial charge in [0.2, 0.25) is 0 Å². The molecule has 2 rings (SSSR count). The Morgan fingerprint density at radius 1 is 1.00 bits per heavy atom. The molecule has 0 heterocycles. The van der Waals surface area contributed by atoms with Crippen molar-refractivity contribution in [2.24, 2.45) is 35.0 Å². The van der Waals surface area contributed by atoms with Crippen LogP contribution < -0.4 is 0 Å². The summed E-state index contributed by atoms with van der Waals surface area (Å²) in [5.74, 6) is 0.382. The van der Waals surface area contributed by atoms with Crippen molar-refractivity contribution in [3.05, 3.63) is 0 Å². The second-order valence-corrected chi connectivity index (χ2v) is 7.91. The zero-order valence-corrected chi connectivity index (χ0v) is 14.6. The molecular weight excluding hydrogens is 280 g/mol. The van der Waals surface area contributed by atoms with E-state index in [0.717, 1.165) is 19.3 Å².